The minimum absolute atomic E-state index is 0.00889. The van der Waals surface area contributed by atoms with Gasteiger partial charge in [-0.1, -0.05) is 36.6 Å². The number of ether oxygens (including phenoxy) is 1. The third-order valence-electron chi connectivity index (χ3n) is 7.92. The fraction of sp³-hybridized carbons (Fsp3) is 0.464. The smallest absolute Gasteiger partial charge is 0.338 e. The highest BCUT2D eigenvalue weighted by Crippen LogP contribution is 2.46. The van der Waals surface area contributed by atoms with Gasteiger partial charge in [-0.15, -0.1) is 0 Å². The molecule has 0 amide bonds. The van der Waals surface area contributed by atoms with Crippen LogP contribution in [0, 0.1) is 23.1 Å². The summed E-state index contributed by atoms with van der Waals surface area (Å²) in [5, 5.41) is 24.8. The number of halogens is 2. The second-order valence-corrected chi connectivity index (χ2v) is 11.2. The maximum atomic E-state index is 14.9. The first-order valence-corrected chi connectivity index (χ1v) is 13.2. The van der Waals surface area contributed by atoms with Gasteiger partial charge in [-0.2, -0.15) is 15.3 Å². The summed E-state index contributed by atoms with van der Waals surface area (Å²) in [6.45, 7) is 3.36. The molecule has 0 saturated heterocycles. The number of aliphatic hydroxyl groups excluding tert-OH is 1. The summed E-state index contributed by atoms with van der Waals surface area (Å²) in [6, 6.07) is 7.06. The number of cyclic esters (lactones) is 1. The summed E-state index contributed by atoms with van der Waals surface area (Å²) in [7, 11) is 0. The highest BCUT2D eigenvalue weighted by atomic mass is 35.5. The van der Waals surface area contributed by atoms with Crippen LogP contribution in [-0.4, -0.2) is 36.3 Å². The largest absolute Gasteiger partial charge is 0.512 e. The molecule has 1 aliphatic carbocycles. The number of aromatic nitrogens is 4. The van der Waals surface area contributed by atoms with Gasteiger partial charge >= 0.3 is 5.97 Å². The van der Waals surface area contributed by atoms with Crippen molar-refractivity contribution in [1.29, 1.82) is 5.26 Å². The number of aryl methyl sites for hydroxylation is 1. The highest BCUT2D eigenvalue weighted by Gasteiger charge is 2.48. The van der Waals surface area contributed by atoms with E-state index in [1.165, 1.54) is 16.9 Å². The van der Waals surface area contributed by atoms with Gasteiger partial charge < -0.3 is 9.84 Å². The van der Waals surface area contributed by atoms with Gasteiger partial charge in [0.25, 0.3) is 5.78 Å². The van der Waals surface area contributed by atoms with Crippen molar-refractivity contribution in [1.82, 2.24) is 19.6 Å². The van der Waals surface area contributed by atoms with Crippen LogP contribution in [0.4, 0.5) is 4.39 Å². The number of rotatable bonds is 7. The summed E-state index contributed by atoms with van der Waals surface area (Å²) < 4.78 is 22.5. The first-order chi connectivity index (χ1) is 18.1. The van der Waals surface area contributed by atoms with Crippen LogP contribution in [-0.2, 0) is 27.8 Å². The lowest BCUT2D eigenvalue weighted by Gasteiger charge is -2.42. The second kappa shape index (κ2) is 9.99. The molecular weight excluding hydrogens is 509 g/mol. The number of carbonyl (C=O) groups is 1. The van der Waals surface area contributed by atoms with Crippen molar-refractivity contribution >= 4 is 23.3 Å². The maximum absolute atomic E-state index is 14.9. The maximum Gasteiger partial charge on any atom is 0.338 e. The van der Waals surface area contributed by atoms with E-state index in [1.807, 2.05) is 6.07 Å². The summed E-state index contributed by atoms with van der Waals surface area (Å²) in [5.41, 5.74) is -0.187. The van der Waals surface area contributed by atoms with E-state index >= 15 is 0 Å². The molecule has 0 spiro atoms. The van der Waals surface area contributed by atoms with E-state index in [2.05, 4.69) is 21.1 Å². The summed E-state index contributed by atoms with van der Waals surface area (Å²) in [4.78, 5) is 21.8. The van der Waals surface area contributed by atoms with Gasteiger partial charge in [0.15, 0.2) is 0 Å². The highest BCUT2D eigenvalue weighted by molar-refractivity contribution is 6.31. The van der Waals surface area contributed by atoms with Gasteiger partial charge in [0, 0.05) is 18.4 Å². The molecule has 0 bridgehead atoms. The fourth-order valence-corrected chi connectivity index (χ4v) is 5.89. The van der Waals surface area contributed by atoms with E-state index in [-0.39, 0.29) is 30.1 Å². The van der Waals surface area contributed by atoms with E-state index < -0.39 is 22.8 Å². The zero-order valence-corrected chi connectivity index (χ0v) is 22.1. The first-order valence-electron chi connectivity index (χ1n) is 12.8. The van der Waals surface area contributed by atoms with Crippen LogP contribution in [0.15, 0.2) is 42.1 Å². The number of hydrogen-bond donors (Lipinski definition) is 1. The van der Waals surface area contributed by atoms with Crippen LogP contribution in [0.1, 0.15) is 69.2 Å². The number of nitrogens with zero attached hydrogens (tertiary/aromatic N) is 5. The Morgan fingerprint density at radius 1 is 1.34 bits per heavy atom. The molecule has 8 nitrogen and oxygen atoms in total. The molecule has 1 N–H and O–H groups in total. The average Bonchev–Trinajstić information content (AvgIpc) is 3.57. The van der Waals surface area contributed by atoms with Crippen molar-refractivity contribution in [3.63, 3.8) is 0 Å². The minimum Gasteiger partial charge on any atom is -0.512 e. The molecule has 5 rings (SSSR count). The summed E-state index contributed by atoms with van der Waals surface area (Å²) in [5.74, 6) is -0.596. The predicted molar refractivity (Wildman–Crippen MR) is 138 cm³/mol. The molecule has 198 valence electrons. The number of carbonyl (C=O) groups excluding carboxylic acids is 1. The molecule has 0 radical (unpaired) electrons. The molecule has 1 unspecified atom stereocenters. The quantitative estimate of drug-likeness (QED) is 0.391. The van der Waals surface area contributed by atoms with Gasteiger partial charge in [0.05, 0.1) is 34.0 Å². The van der Waals surface area contributed by atoms with Crippen molar-refractivity contribution in [3.05, 3.63) is 69.7 Å². The number of nitriles is 1. The summed E-state index contributed by atoms with van der Waals surface area (Å²) >= 11 is 6.36. The van der Waals surface area contributed by atoms with Crippen molar-refractivity contribution in [2.24, 2.45) is 5.92 Å². The normalized spacial score (nSPS) is 20.7. The zero-order chi connectivity index (χ0) is 27.1. The summed E-state index contributed by atoms with van der Waals surface area (Å²) in [6.07, 6.45) is 7.89. The number of hydrogen-bond acceptors (Lipinski definition) is 7. The minimum atomic E-state index is -0.935. The lowest BCUT2D eigenvalue weighted by atomic mass is 9.76. The van der Waals surface area contributed by atoms with E-state index in [0.717, 1.165) is 31.2 Å². The van der Waals surface area contributed by atoms with E-state index in [4.69, 9.17) is 16.3 Å². The fourth-order valence-electron chi connectivity index (χ4n) is 5.69. The molecule has 1 fully saturated rings. The van der Waals surface area contributed by atoms with Gasteiger partial charge in [-0.05, 0) is 57.1 Å². The Morgan fingerprint density at radius 2 is 2.11 bits per heavy atom. The molecule has 10 heteroatoms. The Kier molecular flexibility index (Phi) is 6.86. The van der Waals surface area contributed by atoms with Crippen LogP contribution in [0.5, 0.6) is 0 Å². The Balaban J connectivity index is 1.40. The first kappa shape index (κ1) is 26.1. The molecule has 1 aliphatic heterocycles. The lowest BCUT2D eigenvalue weighted by Crippen LogP contribution is -2.46. The molecule has 1 atom stereocenters. The lowest BCUT2D eigenvalue weighted by molar-refractivity contribution is -0.167. The monoisotopic (exact) mass is 537 g/mol. The van der Waals surface area contributed by atoms with Crippen LogP contribution >= 0.6 is 11.6 Å². The predicted octanol–water partition coefficient (Wildman–Crippen LogP) is 5.58. The molecular formula is C28H29ClFN5O3. The third-order valence-corrected chi connectivity index (χ3v) is 8.24. The third kappa shape index (κ3) is 4.85. The van der Waals surface area contributed by atoms with Crippen LogP contribution in [0.25, 0.3) is 5.78 Å². The van der Waals surface area contributed by atoms with Crippen molar-refractivity contribution in [2.45, 2.75) is 76.2 Å². The standard InChI is InChI=1S/C28H29ClFN5O3/c1-27(2,15-31)20-8-7-17(11-22(20)30)9-10-28(18-5-3-4-6-18)13-24(36)19(25(37)38-28)12-23-21(29)14-35-26(34-23)32-16-33-35/h7-8,11,14,16,18,36H,3-6,9-10,12-13H2,1-2H3. The van der Waals surface area contributed by atoms with Crippen molar-refractivity contribution in [3.8, 4) is 6.07 Å². The van der Waals surface area contributed by atoms with E-state index in [1.54, 1.807) is 26.1 Å². The topological polar surface area (TPSA) is 113 Å². The Bertz CT molecular complexity index is 1470. The van der Waals surface area contributed by atoms with Crippen molar-refractivity contribution in [2.75, 3.05) is 0 Å². The van der Waals surface area contributed by atoms with Crippen LogP contribution in [0.3, 0.4) is 0 Å². The number of benzene rings is 1. The number of aliphatic hydroxyl groups is 1. The average molecular weight is 538 g/mol. The van der Waals surface area contributed by atoms with Crippen LogP contribution in [0.2, 0.25) is 5.02 Å². The van der Waals surface area contributed by atoms with Gasteiger partial charge in [-0.3, -0.25) is 0 Å². The number of esters is 1. The SMILES string of the molecule is CC(C)(C#N)c1ccc(CCC2(C3CCCC3)CC(O)=C(Cc3nc4ncnn4cc3Cl)C(=O)O2)cc1F. The Labute approximate surface area is 225 Å². The number of fused-ring (bicyclic) bond motifs is 1. The van der Waals surface area contributed by atoms with Crippen molar-refractivity contribution < 1.29 is 19.0 Å². The molecule has 1 aromatic carbocycles. The van der Waals surface area contributed by atoms with Gasteiger partial charge in [0.1, 0.15) is 23.5 Å². The molecule has 2 aromatic heterocycles. The Morgan fingerprint density at radius 3 is 2.79 bits per heavy atom. The van der Waals surface area contributed by atoms with Crippen LogP contribution < -0.4 is 0 Å². The van der Waals surface area contributed by atoms with E-state index in [0.29, 0.717) is 34.9 Å². The zero-order valence-electron chi connectivity index (χ0n) is 21.4. The molecule has 2 aliphatic rings. The molecule has 38 heavy (non-hydrogen) atoms. The Hall–Kier alpha value is -3.51. The molecule has 3 heterocycles. The molecule has 3 aromatic rings. The van der Waals surface area contributed by atoms with Gasteiger partial charge in [-0.25, -0.2) is 18.7 Å². The van der Waals surface area contributed by atoms with Gasteiger partial charge in [0.2, 0.25) is 0 Å². The van der Waals surface area contributed by atoms with E-state index in [9.17, 15) is 19.6 Å². The molecule has 1 saturated carbocycles. The second-order valence-electron chi connectivity index (χ2n) is 10.8.